The first-order valence-electron chi connectivity index (χ1n) is 10.7. The molecule has 0 aliphatic carbocycles. The molecule has 0 radical (unpaired) electrons. The van der Waals surface area contributed by atoms with Crippen LogP contribution in [-0.4, -0.2) is 66.1 Å². The second kappa shape index (κ2) is 10.6. The summed E-state index contributed by atoms with van der Waals surface area (Å²) in [5.74, 6) is 0. The average molecular weight is 443 g/mol. The molecule has 1 aliphatic rings. The molecule has 2 rings (SSSR count). The number of rotatable bonds is 9. The Labute approximate surface area is 180 Å². The molecule has 0 saturated carbocycles. The van der Waals surface area contributed by atoms with Gasteiger partial charge in [0, 0.05) is 5.56 Å². The summed E-state index contributed by atoms with van der Waals surface area (Å²) >= 11 is 0. The second-order valence-electron chi connectivity index (χ2n) is 9.01. The summed E-state index contributed by atoms with van der Waals surface area (Å²) < 4.78 is 18.5. The second-order valence-corrected chi connectivity index (χ2v) is 14.4. The number of hydrogen-bond donors (Lipinski definition) is 4. The van der Waals surface area contributed by atoms with Gasteiger partial charge in [0.1, 0.15) is 24.4 Å². The van der Waals surface area contributed by atoms with Crippen LogP contribution in [-0.2, 0) is 13.9 Å². The van der Waals surface area contributed by atoms with Crippen LogP contribution >= 0.6 is 0 Å². The summed E-state index contributed by atoms with van der Waals surface area (Å²) in [5.41, 5.74) is 1.69. The minimum Gasteiger partial charge on any atom is -0.394 e. The fraction of sp³-hybridized carbons (Fsp3) is 0.727. The van der Waals surface area contributed by atoms with Gasteiger partial charge < -0.3 is 34.3 Å². The zero-order valence-electron chi connectivity index (χ0n) is 18.8. The van der Waals surface area contributed by atoms with E-state index >= 15 is 0 Å². The van der Waals surface area contributed by atoms with E-state index in [4.69, 9.17) is 13.9 Å². The standard InChI is InChI=1S/C22H38O7Si/c1-13(2)30(14(3)4,15(5)6)29-21(16-10-8-7-9-11-16)28-22-20(26)19(25)18(24)17(12-23)27-22/h7-11,13-15,17-26H,12H2,1-6H3/t17-,18-,19+,20-,21?,22?/m1/s1. The van der Waals surface area contributed by atoms with Crippen LogP contribution in [0.15, 0.2) is 30.3 Å². The van der Waals surface area contributed by atoms with E-state index in [-0.39, 0.29) is 0 Å². The molecule has 172 valence electrons. The lowest BCUT2D eigenvalue weighted by Crippen LogP contribution is -2.59. The highest BCUT2D eigenvalue weighted by molar-refractivity contribution is 6.77. The van der Waals surface area contributed by atoms with E-state index in [2.05, 4.69) is 41.5 Å². The third-order valence-electron chi connectivity index (χ3n) is 6.20. The summed E-state index contributed by atoms with van der Waals surface area (Å²) in [5, 5.41) is 40.1. The summed E-state index contributed by atoms with van der Waals surface area (Å²) in [6.45, 7) is 12.5. The van der Waals surface area contributed by atoms with E-state index in [1.54, 1.807) is 0 Å². The SMILES string of the molecule is CC(C)[Si](OC(OC1O[C@H](CO)[C@@H](O)[C@H](O)[C@H]1O)c1ccccc1)(C(C)C)C(C)C. The van der Waals surface area contributed by atoms with Gasteiger partial charge in [0.2, 0.25) is 8.32 Å². The van der Waals surface area contributed by atoms with E-state index in [0.717, 1.165) is 5.56 Å². The largest absolute Gasteiger partial charge is 0.394 e. The topological polar surface area (TPSA) is 109 Å². The summed E-state index contributed by atoms with van der Waals surface area (Å²) in [7, 11) is -2.36. The van der Waals surface area contributed by atoms with Gasteiger partial charge in [0.05, 0.1) is 6.61 Å². The van der Waals surface area contributed by atoms with Gasteiger partial charge in [-0.1, -0.05) is 71.9 Å². The first-order chi connectivity index (χ1) is 14.1. The molecular formula is C22H38O7Si. The maximum atomic E-state index is 10.5. The third-order valence-corrected chi connectivity index (χ3v) is 12.2. The van der Waals surface area contributed by atoms with Gasteiger partial charge >= 0.3 is 0 Å². The normalized spacial score (nSPS) is 29.0. The summed E-state index contributed by atoms with van der Waals surface area (Å²) in [6.07, 6.45) is -7.54. The van der Waals surface area contributed by atoms with Crippen molar-refractivity contribution in [3.63, 3.8) is 0 Å². The molecule has 1 fully saturated rings. The predicted molar refractivity (Wildman–Crippen MR) is 116 cm³/mol. The van der Waals surface area contributed by atoms with Crippen LogP contribution in [0, 0.1) is 0 Å². The van der Waals surface area contributed by atoms with Crippen molar-refractivity contribution >= 4 is 8.32 Å². The Morgan fingerprint density at radius 2 is 1.40 bits per heavy atom. The van der Waals surface area contributed by atoms with Gasteiger partial charge in [-0.05, 0) is 16.6 Å². The van der Waals surface area contributed by atoms with E-state index in [1.165, 1.54) is 0 Å². The van der Waals surface area contributed by atoms with Crippen LogP contribution < -0.4 is 0 Å². The maximum absolute atomic E-state index is 10.5. The molecule has 1 aromatic carbocycles. The van der Waals surface area contributed by atoms with E-state index in [0.29, 0.717) is 16.6 Å². The Morgan fingerprint density at radius 3 is 1.87 bits per heavy atom. The minimum absolute atomic E-state index is 0.308. The molecule has 1 aromatic rings. The van der Waals surface area contributed by atoms with E-state index < -0.39 is 51.9 Å². The molecule has 1 aliphatic heterocycles. The van der Waals surface area contributed by atoms with E-state index in [1.807, 2.05) is 30.3 Å². The van der Waals surface area contributed by atoms with Crippen molar-refractivity contribution in [2.24, 2.45) is 0 Å². The van der Waals surface area contributed by atoms with Crippen molar-refractivity contribution in [3.8, 4) is 0 Å². The lowest BCUT2D eigenvalue weighted by Gasteiger charge is -2.46. The van der Waals surface area contributed by atoms with Gasteiger partial charge in [-0.15, -0.1) is 0 Å². The Bertz CT molecular complexity index is 616. The highest BCUT2D eigenvalue weighted by atomic mass is 28.4. The van der Waals surface area contributed by atoms with Crippen LogP contribution in [0.1, 0.15) is 53.4 Å². The highest BCUT2D eigenvalue weighted by Crippen LogP contribution is 2.45. The van der Waals surface area contributed by atoms with Gasteiger partial charge in [-0.3, -0.25) is 0 Å². The third kappa shape index (κ3) is 5.13. The molecule has 1 saturated heterocycles. The molecule has 7 nitrogen and oxygen atoms in total. The predicted octanol–water partition coefficient (Wildman–Crippen LogP) is 2.69. The molecule has 1 heterocycles. The summed E-state index contributed by atoms with van der Waals surface area (Å²) in [6, 6.07) is 9.42. The highest BCUT2D eigenvalue weighted by Gasteiger charge is 2.49. The van der Waals surface area contributed by atoms with Crippen LogP contribution in [0.3, 0.4) is 0 Å². The Balaban J connectivity index is 2.39. The van der Waals surface area contributed by atoms with Crippen LogP contribution in [0.5, 0.6) is 0 Å². The van der Waals surface area contributed by atoms with Crippen molar-refractivity contribution < 1.29 is 34.3 Å². The lowest BCUT2D eigenvalue weighted by molar-refractivity contribution is -0.331. The molecule has 30 heavy (non-hydrogen) atoms. The van der Waals surface area contributed by atoms with Crippen LogP contribution in [0.4, 0.5) is 0 Å². The Morgan fingerprint density at radius 1 is 0.867 bits per heavy atom. The van der Waals surface area contributed by atoms with Crippen molar-refractivity contribution in [2.75, 3.05) is 6.61 Å². The smallest absolute Gasteiger partial charge is 0.204 e. The van der Waals surface area contributed by atoms with E-state index in [9.17, 15) is 20.4 Å². The first-order valence-corrected chi connectivity index (χ1v) is 12.9. The average Bonchev–Trinajstić information content (AvgIpc) is 2.70. The molecule has 4 N–H and O–H groups in total. The molecule has 0 amide bonds. The molecule has 8 heteroatoms. The number of hydrogen-bond acceptors (Lipinski definition) is 7. The number of aliphatic hydroxyl groups is 4. The number of ether oxygens (including phenoxy) is 2. The van der Waals surface area contributed by atoms with Crippen molar-refractivity contribution in [1.82, 2.24) is 0 Å². The summed E-state index contributed by atoms with van der Waals surface area (Å²) in [4.78, 5) is 0. The van der Waals surface area contributed by atoms with Crippen molar-refractivity contribution in [3.05, 3.63) is 35.9 Å². The molecular weight excluding hydrogens is 404 g/mol. The van der Waals surface area contributed by atoms with Crippen molar-refractivity contribution in [2.45, 2.75) is 95.2 Å². The molecule has 0 spiro atoms. The quantitative estimate of drug-likeness (QED) is 0.344. The van der Waals surface area contributed by atoms with Crippen molar-refractivity contribution in [1.29, 1.82) is 0 Å². The maximum Gasteiger partial charge on any atom is 0.204 e. The van der Waals surface area contributed by atoms with Crippen LogP contribution in [0.25, 0.3) is 0 Å². The number of benzene rings is 1. The Kier molecular flexibility index (Phi) is 9.02. The fourth-order valence-corrected chi connectivity index (χ4v) is 10.1. The molecule has 2 unspecified atom stereocenters. The monoisotopic (exact) mass is 442 g/mol. The van der Waals surface area contributed by atoms with Crippen LogP contribution in [0.2, 0.25) is 16.6 Å². The first kappa shape index (κ1) is 25.4. The van der Waals surface area contributed by atoms with Gasteiger partial charge in [-0.25, -0.2) is 0 Å². The minimum atomic E-state index is -2.36. The Hall–Kier alpha value is -0.843. The van der Waals surface area contributed by atoms with Gasteiger partial charge in [-0.2, -0.15) is 0 Å². The van der Waals surface area contributed by atoms with Gasteiger partial charge in [0.15, 0.2) is 12.6 Å². The lowest BCUT2D eigenvalue weighted by atomic mass is 9.99. The zero-order valence-corrected chi connectivity index (χ0v) is 19.8. The fourth-order valence-electron chi connectivity index (χ4n) is 4.68. The molecule has 6 atom stereocenters. The molecule has 0 bridgehead atoms. The zero-order chi connectivity index (χ0) is 22.6. The molecule has 0 aromatic heterocycles. The number of aliphatic hydroxyl groups excluding tert-OH is 4. The van der Waals surface area contributed by atoms with Gasteiger partial charge in [0.25, 0.3) is 0 Å².